The molecule has 2 aromatic carbocycles. The van der Waals surface area contributed by atoms with Crippen LogP contribution in [0.3, 0.4) is 0 Å². The lowest BCUT2D eigenvalue weighted by molar-refractivity contribution is 0.1000. The third kappa shape index (κ3) is 3.62. The van der Waals surface area contributed by atoms with Gasteiger partial charge < -0.3 is 11.1 Å². The van der Waals surface area contributed by atoms with E-state index in [0.29, 0.717) is 16.3 Å². The van der Waals surface area contributed by atoms with Gasteiger partial charge in [0.25, 0.3) is 5.91 Å². The quantitative estimate of drug-likeness (QED) is 0.867. The summed E-state index contributed by atoms with van der Waals surface area (Å²) >= 11 is 9.42. The minimum Gasteiger partial charge on any atom is -0.366 e. The van der Waals surface area contributed by atoms with E-state index in [0.717, 1.165) is 10.0 Å². The highest BCUT2D eigenvalue weighted by atomic mass is 79.9. The van der Waals surface area contributed by atoms with Crippen LogP contribution < -0.4 is 11.1 Å². The summed E-state index contributed by atoms with van der Waals surface area (Å²) in [5, 5.41) is 3.29. The van der Waals surface area contributed by atoms with Gasteiger partial charge in [-0.15, -0.1) is 0 Å². The van der Waals surface area contributed by atoms with E-state index >= 15 is 0 Å². The van der Waals surface area contributed by atoms with Gasteiger partial charge >= 0.3 is 0 Å². The zero-order valence-electron chi connectivity index (χ0n) is 11.1. The third-order valence-corrected chi connectivity index (χ3v) is 3.97. The molecule has 0 aliphatic rings. The number of carbonyl (C=O) groups excluding carboxylic acids is 2. The first-order valence-corrected chi connectivity index (χ1v) is 7.22. The molecule has 0 saturated carbocycles. The van der Waals surface area contributed by atoms with Crippen molar-refractivity contribution in [2.75, 3.05) is 5.32 Å². The molecule has 0 aliphatic heterocycles. The number of nitrogens with one attached hydrogen (secondary N) is 1. The molecule has 0 bridgehead atoms. The second-order valence-electron chi connectivity index (χ2n) is 4.48. The number of aryl methyl sites for hydroxylation is 1. The van der Waals surface area contributed by atoms with Crippen molar-refractivity contribution in [2.45, 2.75) is 6.92 Å². The molecule has 0 radical (unpaired) electrons. The van der Waals surface area contributed by atoms with Gasteiger partial charge in [-0.2, -0.15) is 0 Å². The molecule has 3 N–H and O–H groups in total. The number of primary amides is 1. The zero-order valence-corrected chi connectivity index (χ0v) is 13.5. The number of benzene rings is 2. The minimum absolute atomic E-state index is 0.281. The monoisotopic (exact) mass is 366 g/mol. The lowest BCUT2D eigenvalue weighted by atomic mass is 10.1. The average molecular weight is 368 g/mol. The van der Waals surface area contributed by atoms with Crippen molar-refractivity contribution < 1.29 is 9.59 Å². The predicted molar refractivity (Wildman–Crippen MR) is 86.8 cm³/mol. The molecule has 0 spiro atoms. The van der Waals surface area contributed by atoms with Crippen molar-refractivity contribution >= 4 is 45.0 Å². The zero-order chi connectivity index (χ0) is 15.6. The van der Waals surface area contributed by atoms with Crippen LogP contribution in [0.4, 0.5) is 5.69 Å². The molecule has 0 aromatic heterocycles. The summed E-state index contributed by atoms with van der Waals surface area (Å²) in [5.41, 5.74) is 7.28. The van der Waals surface area contributed by atoms with Crippen LogP contribution >= 0.6 is 27.5 Å². The Morgan fingerprint density at radius 1 is 1.19 bits per heavy atom. The Morgan fingerprint density at radius 3 is 2.52 bits per heavy atom. The fraction of sp³-hybridized carbons (Fsp3) is 0.0667. The molecule has 6 heteroatoms. The van der Waals surface area contributed by atoms with E-state index in [2.05, 4.69) is 21.2 Å². The maximum absolute atomic E-state index is 12.2. The van der Waals surface area contributed by atoms with Gasteiger partial charge in [-0.05, 0) is 58.7 Å². The SMILES string of the molecule is Cc1cc(Br)c(NC(=O)c2cccc(C(N)=O)c2)cc1Cl. The van der Waals surface area contributed by atoms with E-state index in [1.807, 2.05) is 13.0 Å². The first-order chi connectivity index (χ1) is 9.88. The lowest BCUT2D eigenvalue weighted by Gasteiger charge is -2.10. The highest BCUT2D eigenvalue weighted by Gasteiger charge is 2.11. The number of rotatable bonds is 3. The number of anilines is 1. The summed E-state index contributed by atoms with van der Waals surface area (Å²) in [6, 6.07) is 9.69. The van der Waals surface area contributed by atoms with Crippen LogP contribution in [0.1, 0.15) is 26.3 Å². The second kappa shape index (κ2) is 6.28. The molecule has 0 unspecified atom stereocenters. The Bertz CT molecular complexity index is 732. The van der Waals surface area contributed by atoms with Crippen LogP contribution in [-0.4, -0.2) is 11.8 Å². The summed E-state index contributed by atoms with van der Waals surface area (Å²) < 4.78 is 0.726. The molecule has 21 heavy (non-hydrogen) atoms. The van der Waals surface area contributed by atoms with Crippen molar-refractivity contribution in [3.05, 3.63) is 62.6 Å². The molecular formula is C15H12BrClN2O2. The van der Waals surface area contributed by atoms with Crippen molar-refractivity contribution in [1.82, 2.24) is 0 Å². The van der Waals surface area contributed by atoms with Crippen molar-refractivity contribution in [1.29, 1.82) is 0 Å². The first kappa shape index (κ1) is 15.5. The Morgan fingerprint density at radius 2 is 1.86 bits per heavy atom. The highest BCUT2D eigenvalue weighted by molar-refractivity contribution is 9.10. The van der Waals surface area contributed by atoms with Crippen LogP contribution in [0, 0.1) is 6.92 Å². The van der Waals surface area contributed by atoms with Crippen molar-refractivity contribution in [2.24, 2.45) is 5.73 Å². The van der Waals surface area contributed by atoms with E-state index in [1.54, 1.807) is 24.3 Å². The Hall–Kier alpha value is -1.85. The molecule has 2 amide bonds. The number of carbonyl (C=O) groups is 2. The van der Waals surface area contributed by atoms with Crippen molar-refractivity contribution in [3.8, 4) is 0 Å². The first-order valence-electron chi connectivity index (χ1n) is 6.05. The maximum atomic E-state index is 12.2. The fourth-order valence-corrected chi connectivity index (χ4v) is 2.47. The molecule has 2 aromatic rings. The number of hydrogen-bond donors (Lipinski definition) is 2. The lowest BCUT2D eigenvalue weighted by Crippen LogP contribution is -2.15. The predicted octanol–water partition coefficient (Wildman–Crippen LogP) is 3.76. The van der Waals surface area contributed by atoms with Crippen LogP contribution in [0.2, 0.25) is 5.02 Å². The summed E-state index contributed by atoms with van der Waals surface area (Å²) in [5.74, 6) is -0.928. The summed E-state index contributed by atoms with van der Waals surface area (Å²) in [6.07, 6.45) is 0. The molecule has 0 aliphatic carbocycles. The topological polar surface area (TPSA) is 72.2 Å². The van der Waals surface area contributed by atoms with Crippen molar-refractivity contribution in [3.63, 3.8) is 0 Å². The largest absolute Gasteiger partial charge is 0.366 e. The summed E-state index contributed by atoms with van der Waals surface area (Å²) in [7, 11) is 0. The highest BCUT2D eigenvalue weighted by Crippen LogP contribution is 2.29. The molecule has 108 valence electrons. The third-order valence-electron chi connectivity index (χ3n) is 2.91. The van der Waals surface area contributed by atoms with Crippen LogP contribution in [0.25, 0.3) is 0 Å². The van der Waals surface area contributed by atoms with Gasteiger partial charge in [-0.3, -0.25) is 9.59 Å². The number of hydrogen-bond acceptors (Lipinski definition) is 2. The van der Waals surface area contributed by atoms with E-state index in [9.17, 15) is 9.59 Å². The normalized spacial score (nSPS) is 10.2. The van der Waals surface area contributed by atoms with Crippen LogP contribution in [-0.2, 0) is 0 Å². The molecule has 0 fully saturated rings. The molecule has 0 heterocycles. The number of nitrogens with two attached hydrogens (primary N) is 1. The molecule has 4 nitrogen and oxygen atoms in total. The standard InChI is InChI=1S/C15H12BrClN2O2/c1-8-5-11(16)13(7-12(8)17)19-15(21)10-4-2-3-9(6-10)14(18)20/h2-7H,1H3,(H2,18,20)(H,19,21). The number of amides is 2. The van der Waals surface area contributed by atoms with E-state index < -0.39 is 5.91 Å². The van der Waals surface area contributed by atoms with Gasteiger partial charge in [0.2, 0.25) is 5.91 Å². The Kier molecular flexibility index (Phi) is 4.65. The van der Waals surface area contributed by atoms with E-state index in [-0.39, 0.29) is 11.5 Å². The fourth-order valence-electron chi connectivity index (χ4n) is 1.75. The smallest absolute Gasteiger partial charge is 0.255 e. The molecule has 0 atom stereocenters. The summed E-state index contributed by atoms with van der Waals surface area (Å²) in [6.45, 7) is 1.87. The Labute approximate surface area is 135 Å². The van der Waals surface area contributed by atoms with Gasteiger partial charge in [0.1, 0.15) is 0 Å². The van der Waals surface area contributed by atoms with Gasteiger partial charge in [-0.1, -0.05) is 17.7 Å². The van der Waals surface area contributed by atoms with Gasteiger partial charge in [0, 0.05) is 20.6 Å². The Balaban J connectivity index is 2.28. The van der Waals surface area contributed by atoms with Crippen LogP contribution in [0.15, 0.2) is 40.9 Å². The minimum atomic E-state index is -0.579. The molecular weight excluding hydrogens is 356 g/mol. The number of halogens is 2. The van der Waals surface area contributed by atoms with Gasteiger partial charge in [0.05, 0.1) is 5.69 Å². The van der Waals surface area contributed by atoms with Gasteiger partial charge in [0.15, 0.2) is 0 Å². The second-order valence-corrected chi connectivity index (χ2v) is 5.74. The molecule has 0 saturated heterocycles. The molecule has 2 rings (SSSR count). The average Bonchev–Trinajstić information content (AvgIpc) is 2.44. The summed E-state index contributed by atoms with van der Waals surface area (Å²) in [4.78, 5) is 23.3. The van der Waals surface area contributed by atoms with Crippen LogP contribution in [0.5, 0.6) is 0 Å². The van der Waals surface area contributed by atoms with E-state index in [4.69, 9.17) is 17.3 Å². The maximum Gasteiger partial charge on any atom is 0.255 e. The van der Waals surface area contributed by atoms with E-state index in [1.165, 1.54) is 6.07 Å². The van der Waals surface area contributed by atoms with Gasteiger partial charge in [-0.25, -0.2) is 0 Å².